The lowest BCUT2D eigenvalue weighted by atomic mass is 10.1. The number of hydrogen-bond acceptors (Lipinski definition) is 5. The molecule has 0 saturated carbocycles. The van der Waals surface area contributed by atoms with E-state index in [1.165, 1.54) is 0 Å². The topological polar surface area (TPSA) is 73.9 Å². The second-order valence-corrected chi connectivity index (χ2v) is 8.06. The van der Waals surface area contributed by atoms with Gasteiger partial charge in [-0.25, -0.2) is 0 Å². The van der Waals surface area contributed by atoms with Crippen LogP contribution in [0, 0.1) is 5.92 Å². The van der Waals surface area contributed by atoms with Crippen LogP contribution in [0.5, 0.6) is 5.75 Å². The van der Waals surface area contributed by atoms with Crippen LogP contribution in [0.4, 0.5) is 11.4 Å². The van der Waals surface area contributed by atoms with Crippen LogP contribution in [0.1, 0.15) is 24.2 Å². The number of thiocarbonyl (C=S) groups is 1. The molecule has 0 bridgehead atoms. The van der Waals surface area contributed by atoms with Gasteiger partial charge in [0.25, 0.3) is 5.91 Å². The lowest BCUT2D eigenvalue weighted by molar-refractivity contribution is -0.134. The van der Waals surface area contributed by atoms with Crippen molar-refractivity contribution in [1.29, 1.82) is 0 Å². The molecule has 0 aromatic heterocycles. The van der Waals surface area contributed by atoms with Crippen LogP contribution in [-0.2, 0) is 4.79 Å². The van der Waals surface area contributed by atoms with Crippen LogP contribution in [0.25, 0.3) is 0 Å². The summed E-state index contributed by atoms with van der Waals surface area (Å²) in [5.41, 5.74) is 2.34. The van der Waals surface area contributed by atoms with E-state index in [1.54, 1.807) is 31.4 Å². The molecule has 164 valence electrons. The Morgan fingerprint density at radius 1 is 1.03 bits per heavy atom. The molecule has 1 heterocycles. The van der Waals surface area contributed by atoms with E-state index in [0.717, 1.165) is 37.6 Å². The molecule has 1 saturated heterocycles. The van der Waals surface area contributed by atoms with Crippen LogP contribution < -0.4 is 20.3 Å². The van der Waals surface area contributed by atoms with Gasteiger partial charge in [-0.1, -0.05) is 19.9 Å². The van der Waals surface area contributed by atoms with Crippen molar-refractivity contribution in [2.45, 2.75) is 13.8 Å². The van der Waals surface area contributed by atoms with Crippen molar-refractivity contribution in [3.63, 3.8) is 0 Å². The smallest absolute Gasteiger partial charge is 0.257 e. The third kappa shape index (κ3) is 5.95. The molecule has 0 spiro atoms. The number of carbonyl (C=O) groups excluding carboxylic acids is 2. The first kappa shape index (κ1) is 22.6. The van der Waals surface area contributed by atoms with Crippen LogP contribution in [0.3, 0.4) is 0 Å². The van der Waals surface area contributed by atoms with Gasteiger partial charge < -0.3 is 19.9 Å². The molecule has 0 radical (unpaired) electrons. The molecule has 1 aliphatic rings. The molecule has 8 heteroatoms. The zero-order valence-corrected chi connectivity index (χ0v) is 18.9. The van der Waals surface area contributed by atoms with Crippen molar-refractivity contribution in [2.24, 2.45) is 5.92 Å². The molecular weight excluding hydrogens is 412 g/mol. The minimum Gasteiger partial charge on any atom is -0.497 e. The fraction of sp³-hybridized carbons (Fsp3) is 0.348. The van der Waals surface area contributed by atoms with E-state index < -0.39 is 0 Å². The van der Waals surface area contributed by atoms with Crippen molar-refractivity contribution >= 4 is 40.5 Å². The fourth-order valence-electron chi connectivity index (χ4n) is 3.41. The average Bonchev–Trinajstić information content (AvgIpc) is 2.79. The summed E-state index contributed by atoms with van der Waals surface area (Å²) in [4.78, 5) is 28.7. The molecule has 2 N–H and O–H groups in total. The van der Waals surface area contributed by atoms with Gasteiger partial charge in [-0.2, -0.15) is 0 Å². The Labute approximate surface area is 188 Å². The predicted octanol–water partition coefficient (Wildman–Crippen LogP) is 3.13. The van der Waals surface area contributed by atoms with Gasteiger partial charge in [-0.05, 0) is 54.7 Å². The predicted molar refractivity (Wildman–Crippen MR) is 127 cm³/mol. The Balaban J connectivity index is 1.52. The minimum absolute atomic E-state index is 0.0326. The molecule has 7 nitrogen and oxygen atoms in total. The lowest BCUT2D eigenvalue weighted by Crippen LogP contribution is -2.49. The summed E-state index contributed by atoms with van der Waals surface area (Å²) in [6.45, 7) is 6.95. The highest BCUT2D eigenvalue weighted by Gasteiger charge is 2.22. The number of ether oxygens (including phenoxy) is 1. The maximum absolute atomic E-state index is 12.4. The maximum atomic E-state index is 12.4. The zero-order valence-electron chi connectivity index (χ0n) is 18.1. The highest BCUT2D eigenvalue weighted by Crippen LogP contribution is 2.20. The Bertz CT molecular complexity index is 938. The maximum Gasteiger partial charge on any atom is 0.257 e. The largest absolute Gasteiger partial charge is 0.497 e. The normalized spacial score (nSPS) is 13.7. The highest BCUT2D eigenvalue weighted by atomic mass is 32.1. The Morgan fingerprint density at radius 3 is 2.32 bits per heavy atom. The summed E-state index contributed by atoms with van der Waals surface area (Å²) in [5.74, 6) is 0.548. The van der Waals surface area contributed by atoms with E-state index >= 15 is 0 Å². The highest BCUT2D eigenvalue weighted by molar-refractivity contribution is 7.80. The SMILES string of the molecule is COc1cccc(C(=O)NC(=S)Nc2ccc(N3CCN(C(=O)C(C)C)CC3)cc2)c1. The lowest BCUT2D eigenvalue weighted by Gasteiger charge is -2.37. The molecule has 0 atom stereocenters. The summed E-state index contributed by atoms with van der Waals surface area (Å²) >= 11 is 5.27. The first-order chi connectivity index (χ1) is 14.9. The number of methoxy groups -OCH3 is 1. The quantitative estimate of drug-likeness (QED) is 0.696. The first-order valence-electron chi connectivity index (χ1n) is 10.3. The molecule has 0 unspecified atom stereocenters. The number of anilines is 2. The first-order valence-corrected chi connectivity index (χ1v) is 10.7. The fourth-order valence-corrected chi connectivity index (χ4v) is 3.62. The van der Waals surface area contributed by atoms with Crippen LogP contribution in [-0.4, -0.2) is 55.1 Å². The van der Waals surface area contributed by atoms with Crippen molar-refractivity contribution in [1.82, 2.24) is 10.2 Å². The molecule has 2 aromatic carbocycles. The van der Waals surface area contributed by atoms with Gasteiger partial charge in [0.2, 0.25) is 5.91 Å². The molecule has 3 rings (SSSR count). The van der Waals surface area contributed by atoms with Crippen LogP contribution in [0.2, 0.25) is 0 Å². The molecule has 1 fully saturated rings. The van der Waals surface area contributed by atoms with Gasteiger partial charge in [-0.3, -0.25) is 14.9 Å². The van der Waals surface area contributed by atoms with Crippen LogP contribution in [0.15, 0.2) is 48.5 Å². The van der Waals surface area contributed by atoms with Crippen molar-refractivity contribution < 1.29 is 14.3 Å². The van der Waals surface area contributed by atoms with Gasteiger partial charge >= 0.3 is 0 Å². The molecule has 1 aliphatic heterocycles. The zero-order chi connectivity index (χ0) is 22.4. The van der Waals surface area contributed by atoms with Crippen molar-refractivity contribution in [3.8, 4) is 5.75 Å². The second kappa shape index (κ2) is 10.3. The number of benzene rings is 2. The summed E-state index contributed by atoms with van der Waals surface area (Å²) in [7, 11) is 1.55. The molecule has 2 aromatic rings. The van der Waals surface area contributed by atoms with Crippen molar-refractivity contribution in [2.75, 3.05) is 43.5 Å². The monoisotopic (exact) mass is 440 g/mol. The van der Waals surface area contributed by atoms with Crippen molar-refractivity contribution in [3.05, 3.63) is 54.1 Å². The molecule has 0 aliphatic carbocycles. The van der Waals surface area contributed by atoms with Gasteiger partial charge in [0.05, 0.1) is 7.11 Å². The Morgan fingerprint density at radius 2 is 1.71 bits per heavy atom. The molecule has 31 heavy (non-hydrogen) atoms. The van der Waals surface area contributed by atoms with Gasteiger partial charge in [0.15, 0.2) is 5.11 Å². The summed E-state index contributed by atoms with van der Waals surface area (Å²) < 4.78 is 5.14. The summed E-state index contributed by atoms with van der Waals surface area (Å²) in [6.07, 6.45) is 0. The third-order valence-corrected chi connectivity index (χ3v) is 5.34. The summed E-state index contributed by atoms with van der Waals surface area (Å²) in [5, 5.41) is 5.93. The minimum atomic E-state index is -0.304. The number of rotatable bonds is 5. The van der Waals surface area contributed by atoms with E-state index in [4.69, 9.17) is 17.0 Å². The van der Waals surface area contributed by atoms with E-state index in [1.807, 2.05) is 43.0 Å². The van der Waals surface area contributed by atoms with Gasteiger partial charge in [0.1, 0.15) is 5.75 Å². The Hall–Kier alpha value is -3.13. The molecule has 2 amide bonds. The van der Waals surface area contributed by atoms with Crippen LogP contribution >= 0.6 is 12.2 Å². The average molecular weight is 441 g/mol. The standard InChI is InChI=1S/C23H28N4O3S/c1-16(2)22(29)27-13-11-26(12-14-27)19-9-7-18(8-10-19)24-23(31)25-21(28)17-5-4-6-20(15-17)30-3/h4-10,15-16H,11-14H2,1-3H3,(H2,24,25,28,31). The Kier molecular flexibility index (Phi) is 7.46. The van der Waals surface area contributed by atoms with E-state index in [0.29, 0.717) is 11.3 Å². The number of nitrogens with zero attached hydrogens (tertiary/aromatic N) is 2. The summed E-state index contributed by atoms with van der Waals surface area (Å²) in [6, 6.07) is 14.7. The van der Waals surface area contributed by atoms with E-state index in [-0.39, 0.29) is 22.8 Å². The molecular formula is C23H28N4O3S. The number of piperazine rings is 1. The number of hydrogen-bond donors (Lipinski definition) is 2. The third-order valence-electron chi connectivity index (χ3n) is 5.13. The number of carbonyl (C=O) groups is 2. The number of nitrogens with one attached hydrogen (secondary N) is 2. The number of amides is 2. The van der Waals surface area contributed by atoms with Gasteiger partial charge in [-0.15, -0.1) is 0 Å². The van der Waals surface area contributed by atoms with E-state index in [2.05, 4.69) is 15.5 Å². The van der Waals surface area contributed by atoms with Gasteiger partial charge in [0, 0.05) is 49.0 Å². The second-order valence-electron chi connectivity index (χ2n) is 7.65. The van der Waals surface area contributed by atoms with E-state index in [9.17, 15) is 9.59 Å².